The van der Waals surface area contributed by atoms with Gasteiger partial charge in [0.25, 0.3) is 0 Å². The molecular weight excluding hydrogens is 348 g/mol. The molecule has 0 saturated heterocycles. The normalized spacial score (nSPS) is 32.0. The zero-order chi connectivity index (χ0) is 17.9. The Kier molecular flexibility index (Phi) is 3.57. The molecule has 1 aromatic heterocycles. The maximum atomic E-state index is 11.6. The predicted octanol–water partition coefficient (Wildman–Crippen LogP) is 3.51. The maximum absolute atomic E-state index is 11.6. The first-order valence-corrected chi connectivity index (χ1v) is 9.73. The highest BCUT2D eigenvalue weighted by Gasteiger charge is 2.53. The van der Waals surface area contributed by atoms with Gasteiger partial charge in [0.1, 0.15) is 0 Å². The number of tetrazole rings is 1. The molecule has 1 aromatic carbocycles. The number of hydrogen-bond donors (Lipinski definition) is 0. The lowest BCUT2D eigenvalue weighted by Crippen LogP contribution is -2.52. The molecule has 0 aliphatic heterocycles. The standard InChI is InChI=1S/C19H22N4O2S/c1-25-17(24)15-2-4-16(5-3-15)22-18(26)23(21-20-22)19-9-12-6-13(10-19)8-14(7-12)11-19/h2-5,12-14H,6-11H2,1H3. The van der Waals surface area contributed by atoms with Gasteiger partial charge >= 0.3 is 5.97 Å². The fraction of sp³-hybridized carbons (Fsp3) is 0.579. The molecular formula is C19H22N4O2S. The van der Waals surface area contributed by atoms with Gasteiger partial charge in [-0.2, -0.15) is 4.68 Å². The molecule has 6 rings (SSSR count). The Morgan fingerprint density at radius 1 is 1.08 bits per heavy atom. The summed E-state index contributed by atoms with van der Waals surface area (Å²) in [6, 6.07) is 7.13. The van der Waals surface area contributed by atoms with E-state index in [4.69, 9.17) is 17.0 Å². The molecule has 7 heteroatoms. The highest BCUT2D eigenvalue weighted by atomic mass is 32.1. The van der Waals surface area contributed by atoms with E-state index in [0.717, 1.165) is 23.4 Å². The molecule has 0 unspecified atom stereocenters. The van der Waals surface area contributed by atoms with Crippen molar-refractivity contribution >= 4 is 18.2 Å². The summed E-state index contributed by atoms with van der Waals surface area (Å²) in [6.07, 6.45) is 7.72. The third-order valence-corrected chi connectivity index (χ3v) is 6.92. The van der Waals surface area contributed by atoms with Crippen LogP contribution in [0.5, 0.6) is 0 Å². The topological polar surface area (TPSA) is 61.9 Å². The number of methoxy groups -OCH3 is 1. The minimum absolute atomic E-state index is 0.0655. The first-order chi connectivity index (χ1) is 12.6. The van der Waals surface area contributed by atoms with E-state index in [0.29, 0.717) is 10.3 Å². The molecule has 136 valence electrons. The summed E-state index contributed by atoms with van der Waals surface area (Å²) < 4.78 is 9.13. The van der Waals surface area contributed by atoms with E-state index in [9.17, 15) is 4.79 Å². The summed E-state index contributed by atoms with van der Waals surface area (Å²) in [7, 11) is 1.38. The van der Waals surface area contributed by atoms with Gasteiger partial charge in [-0.15, -0.1) is 0 Å². The minimum Gasteiger partial charge on any atom is -0.465 e. The van der Waals surface area contributed by atoms with Gasteiger partial charge in [0.2, 0.25) is 4.77 Å². The number of carbonyl (C=O) groups excluding carboxylic acids is 1. The smallest absolute Gasteiger partial charge is 0.337 e. The molecule has 0 spiro atoms. The Balaban J connectivity index is 1.50. The Hall–Kier alpha value is -2.02. The number of esters is 1. The van der Waals surface area contributed by atoms with Crippen LogP contribution in [0, 0.1) is 22.5 Å². The van der Waals surface area contributed by atoms with Gasteiger partial charge in [-0.25, -0.2) is 9.48 Å². The summed E-state index contributed by atoms with van der Waals surface area (Å²) in [6.45, 7) is 0. The molecule has 4 saturated carbocycles. The van der Waals surface area contributed by atoms with Crippen molar-refractivity contribution < 1.29 is 9.53 Å². The van der Waals surface area contributed by atoms with Crippen LogP contribution in [-0.2, 0) is 10.3 Å². The number of aromatic nitrogens is 4. The van der Waals surface area contributed by atoms with Crippen LogP contribution < -0.4 is 0 Å². The van der Waals surface area contributed by atoms with Crippen molar-refractivity contribution in [3.8, 4) is 5.69 Å². The fourth-order valence-corrected chi connectivity index (χ4v) is 6.26. The third kappa shape index (κ3) is 2.36. The summed E-state index contributed by atoms with van der Waals surface area (Å²) in [5.41, 5.74) is 1.39. The molecule has 0 atom stereocenters. The average Bonchev–Trinajstić information content (AvgIpc) is 3.02. The van der Waals surface area contributed by atoms with Crippen molar-refractivity contribution in [3.05, 3.63) is 34.6 Å². The molecule has 26 heavy (non-hydrogen) atoms. The van der Waals surface area contributed by atoms with E-state index in [1.165, 1.54) is 45.6 Å². The van der Waals surface area contributed by atoms with Crippen LogP contribution in [0.15, 0.2) is 24.3 Å². The molecule has 4 bridgehead atoms. The van der Waals surface area contributed by atoms with Crippen molar-refractivity contribution in [3.63, 3.8) is 0 Å². The lowest BCUT2D eigenvalue weighted by Gasteiger charge is -2.56. The van der Waals surface area contributed by atoms with Crippen LogP contribution in [0.3, 0.4) is 0 Å². The van der Waals surface area contributed by atoms with Crippen molar-refractivity contribution in [1.82, 2.24) is 19.8 Å². The molecule has 6 nitrogen and oxygen atoms in total. The molecule has 4 fully saturated rings. The van der Waals surface area contributed by atoms with Gasteiger partial charge in [0.05, 0.1) is 23.9 Å². The van der Waals surface area contributed by atoms with Gasteiger partial charge in [0.15, 0.2) is 0 Å². The maximum Gasteiger partial charge on any atom is 0.337 e. The molecule has 0 N–H and O–H groups in total. The van der Waals surface area contributed by atoms with E-state index in [2.05, 4.69) is 10.4 Å². The van der Waals surface area contributed by atoms with Crippen molar-refractivity contribution in [2.45, 2.75) is 44.1 Å². The quantitative estimate of drug-likeness (QED) is 0.611. The Morgan fingerprint density at radius 2 is 1.65 bits per heavy atom. The van der Waals surface area contributed by atoms with Crippen LogP contribution in [0.25, 0.3) is 5.69 Å². The number of hydrogen-bond acceptors (Lipinski definition) is 5. The number of carbonyl (C=O) groups is 1. The van der Waals surface area contributed by atoms with Gasteiger partial charge in [-0.05, 0) is 103 Å². The van der Waals surface area contributed by atoms with Gasteiger partial charge < -0.3 is 4.74 Å². The second kappa shape index (κ2) is 5.74. The highest BCUT2D eigenvalue weighted by molar-refractivity contribution is 7.71. The Labute approximate surface area is 157 Å². The zero-order valence-corrected chi connectivity index (χ0v) is 15.6. The monoisotopic (exact) mass is 370 g/mol. The van der Waals surface area contributed by atoms with Gasteiger partial charge in [-0.1, -0.05) is 0 Å². The number of ether oxygens (including phenoxy) is 1. The SMILES string of the molecule is COC(=O)c1ccc(-n2nnn(C34CC5CC(CC(C5)C3)C4)c2=S)cc1. The van der Waals surface area contributed by atoms with E-state index in [1.54, 1.807) is 16.8 Å². The fourth-order valence-electron chi connectivity index (χ4n) is 5.89. The molecule has 0 radical (unpaired) electrons. The minimum atomic E-state index is -0.350. The van der Waals surface area contributed by atoms with Crippen LogP contribution in [0.1, 0.15) is 48.9 Å². The van der Waals surface area contributed by atoms with Crippen molar-refractivity contribution in [1.29, 1.82) is 0 Å². The Bertz CT molecular complexity index is 879. The third-order valence-electron chi connectivity index (χ3n) is 6.57. The average molecular weight is 370 g/mol. The molecule has 4 aliphatic rings. The van der Waals surface area contributed by atoms with Crippen LogP contribution in [0.4, 0.5) is 0 Å². The zero-order valence-electron chi connectivity index (χ0n) is 14.8. The lowest BCUT2D eigenvalue weighted by atomic mass is 9.53. The molecule has 1 heterocycles. The van der Waals surface area contributed by atoms with Crippen molar-refractivity contribution in [2.24, 2.45) is 17.8 Å². The van der Waals surface area contributed by atoms with E-state index < -0.39 is 0 Å². The van der Waals surface area contributed by atoms with Crippen LogP contribution >= 0.6 is 12.2 Å². The summed E-state index contributed by atoms with van der Waals surface area (Å²) in [5.74, 6) is 2.13. The van der Waals surface area contributed by atoms with E-state index in [-0.39, 0.29) is 11.5 Å². The highest BCUT2D eigenvalue weighted by Crippen LogP contribution is 2.58. The van der Waals surface area contributed by atoms with Crippen molar-refractivity contribution in [2.75, 3.05) is 7.11 Å². The Morgan fingerprint density at radius 3 is 2.19 bits per heavy atom. The number of rotatable bonds is 3. The molecule has 4 aliphatic carbocycles. The second-order valence-electron chi connectivity index (χ2n) is 8.27. The number of nitrogens with zero attached hydrogens (tertiary/aromatic N) is 4. The van der Waals surface area contributed by atoms with E-state index in [1.807, 2.05) is 16.8 Å². The number of benzene rings is 1. The summed E-state index contributed by atoms with van der Waals surface area (Å²) in [5, 5.41) is 8.84. The lowest BCUT2D eigenvalue weighted by molar-refractivity contribution is -0.0510. The van der Waals surface area contributed by atoms with E-state index >= 15 is 0 Å². The van der Waals surface area contributed by atoms with Crippen LogP contribution in [0.2, 0.25) is 0 Å². The van der Waals surface area contributed by atoms with Gasteiger partial charge in [0, 0.05) is 0 Å². The summed E-state index contributed by atoms with van der Waals surface area (Å²) >= 11 is 5.76. The first-order valence-electron chi connectivity index (χ1n) is 9.32. The van der Waals surface area contributed by atoms with Gasteiger partial charge in [-0.3, -0.25) is 0 Å². The largest absolute Gasteiger partial charge is 0.465 e. The van der Waals surface area contributed by atoms with Crippen LogP contribution in [-0.4, -0.2) is 32.9 Å². The predicted molar refractivity (Wildman–Crippen MR) is 97.7 cm³/mol. The second-order valence-corrected chi connectivity index (χ2v) is 8.63. The first kappa shape index (κ1) is 16.2. The summed E-state index contributed by atoms with van der Waals surface area (Å²) in [4.78, 5) is 11.6. The molecule has 2 aromatic rings. The molecule has 0 amide bonds.